The van der Waals surface area contributed by atoms with Gasteiger partial charge in [0.25, 0.3) is 0 Å². The molecule has 182 valence electrons. The van der Waals surface area contributed by atoms with E-state index < -0.39 is 0 Å². The van der Waals surface area contributed by atoms with Crippen molar-refractivity contribution in [2.75, 3.05) is 0 Å². The molecule has 0 bridgehead atoms. The van der Waals surface area contributed by atoms with E-state index in [4.69, 9.17) is 4.99 Å². The van der Waals surface area contributed by atoms with Gasteiger partial charge in [-0.25, -0.2) is 4.99 Å². The van der Waals surface area contributed by atoms with Crippen molar-refractivity contribution in [1.82, 2.24) is 5.32 Å². The molecule has 38 heavy (non-hydrogen) atoms. The van der Waals surface area contributed by atoms with Crippen LogP contribution in [0.3, 0.4) is 0 Å². The van der Waals surface area contributed by atoms with Gasteiger partial charge in [0.2, 0.25) is 0 Å². The van der Waals surface area contributed by atoms with E-state index in [0.717, 1.165) is 29.9 Å². The summed E-state index contributed by atoms with van der Waals surface area (Å²) in [4.78, 5) is 5.12. The minimum Gasteiger partial charge on any atom is -0.359 e. The third kappa shape index (κ3) is 4.25. The number of fused-ring (bicyclic) bond motifs is 3. The molecule has 1 unspecified atom stereocenters. The van der Waals surface area contributed by atoms with Crippen LogP contribution in [-0.4, -0.2) is 5.84 Å². The lowest BCUT2D eigenvalue weighted by molar-refractivity contribution is 0.781. The predicted molar refractivity (Wildman–Crippen MR) is 158 cm³/mol. The normalized spacial score (nSPS) is 15.9. The molecule has 0 aromatic heterocycles. The Morgan fingerprint density at radius 3 is 1.92 bits per heavy atom. The van der Waals surface area contributed by atoms with Gasteiger partial charge in [-0.3, -0.25) is 0 Å². The topological polar surface area (TPSA) is 24.4 Å². The number of aryl methyl sites for hydroxylation is 2. The highest BCUT2D eigenvalue weighted by atomic mass is 15.0. The number of amidine groups is 1. The molecular formula is C36H28N2. The summed E-state index contributed by atoms with van der Waals surface area (Å²) >= 11 is 0. The van der Waals surface area contributed by atoms with Crippen LogP contribution in [0, 0.1) is 0 Å². The van der Waals surface area contributed by atoms with E-state index >= 15 is 0 Å². The molecule has 2 nitrogen and oxygen atoms in total. The van der Waals surface area contributed by atoms with Crippen molar-refractivity contribution >= 4 is 11.5 Å². The van der Waals surface area contributed by atoms with Crippen LogP contribution < -0.4 is 5.32 Å². The number of rotatable bonds is 4. The number of aliphatic imine (C=N–C) groups is 1. The van der Waals surface area contributed by atoms with Gasteiger partial charge in [0.05, 0.1) is 11.7 Å². The van der Waals surface area contributed by atoms with Gasteiger partial charge in [-0.2, -0.15) is 0 Å². The van der Waals surface area contributed by atoms with Crippen LogP contribution in [0.1, 0.15) is 33.9 Å². The summed E-state index contributed by atoms with van der Waals surface area (Å²) in [5.74, 6) is 0.906. The van der Waals surface area contributed by atoms with Crippen molar-refractivity contribution < 1.29 is 0 Å². The monoisotopic (exact) mass is 488 g/mol. The van der Waals surface area contributed by atoms with Crippen molar-refractivity contribution in [1.29, 1.82) is 0 Å². The number of hydrogen-bond acceptors (Lipinski definition) is 2. The maximum Gasteiger partial charge on any atom is 0.134 e. The van der Waals surface area contributed by atoms with Crippen LogP contribution in [0.5, 0.6) is 0 Å². The van der Waals surface area contributed by atoms with Crippen LogP contribution in [0.15, 0.2) is 138 Å². The molecule has 0 radical (unpaired) electrons. The molecular weight excluding hydrogens is 460 g/mol. The van der Waals surface area contributed by atoms with Gasteiger partial charge in [-0.15, -0.1) is 0 Å². The summed E-state index contributed by atoms with van der Waals surface area (Å²) in [5.41, 5.74) is 12.5. The summed E-state index contributed by atoms with van der Waals surface area (Å²) < 4.78 is 0. The second-order valence-corrected chi connectivity index (χ2v) is 10.0. The molecule has 0 amide bonds. The molecule has 1 heterocycles. The van der Waals surface area contributed by atoms with Crippen molar-refractivity contribution in [3.8, 4) is 22.3 Å². The van der Waals surface area contributed by atoms with Crippen molar-refractivity contribution in [2.24, 2.45) is 4.99 Å². The van der Waals surface area contributed by atoms with E-state index in [1.807, 2.05) is 6.07 Å². The quantitative estimate of drug-likeness (QED) is 0.271. The highest BCUT2D eigenvalue weighted by Gasteiger charge is 2.22. The Morgan fingerprint density at radius 1 is 0.526 bits per heavy atom. The van der Waals surface area contributed by atoms with E-state index in [-0.39, 0.29) is 6.04 Å². The summed E-state index contributed by atoms with van der Waals surface area (Å²) in [5, 5.41) is 3.69. The third-order valence-electron chi connectivity index (χ3n) is 7.65. The van der Waals surface area contributed by atoms with E-state index in [9.17, 15) is 0 Å². The molecule has 1 aliphatic carbocycles. The van der Waals surface area contributed by atoms with Crippen molar-refractivity contribution in [3.05, 3.63) is 161 Å². The summed E-state index contributed by atoms with van der Waals surface area (Å²) in [6.07, 6.45) is 4.41. The zero-order chi connectivity index (χ0) is 25.3. The van der Waals surface area contributed by atoms with Crippen LogP contribution in [0.2, 0.25) is 0 Å². The Bertz CT molecular complexity index is 1660. The predicted octanol–water partition coefficient (Wildman–Crippen LogP) is 8.25. The third-order valence-corrected chi connectivity index (χ3v) is 7.65. The van der Waals surface area contributed by atoms with Crippen LogP contribution in [0.4, 0.5) is 0 Å². The smallest absolute Gasteiger partial charge is 0.134 e. The van der Waals surface area contributed by atoms with E-state index in [2.05, 4.69) is 133 Å². The first-order valence-corrected chi connectivity index (χ1v) is 13.3. The highest BCUT2D eigenvalue weighted by molar-refractivity contribution is 6.03. The zero-order valence-electron chi connectivity index (χ0n) is 21.1. The molecule has 0 spiro atoms. The SMILES string of the molecule is C1=C(c2ccc3c(c2)CCc2ccccc2-3)N=C(c2ccccc2)NC1c1ccc(-c2ccccc2)cc1. The molecule has 5 aromatic rings. The fraction of sp³-hybridized carbons (Fsp3) is 0.0833. The number of nitrogens with zero attached hydrogens (tertiary/aromatic N) is 1. The highest BCUT2D eigenvalue weighted by Crippen LogP contribution is 2.36. The Hall–Kier alpha value is -4.69. The molecule has 0 fully saturated rings. The summed E-state index contributed by atoms with van der Waals surface area (Å²) in [6, 6.07) is 45.5. The average Bonchev–Trinajstić information content (AvgIpc) is 3.01. The fourth-order valence-electron chi connectivity index (χ4n) is 5.63. The fourth-order valence-corrected chi connectivity index (χ4v) is 5.63. The van der Waals surface area contributed by atoms with Crippen LogP contribution >= 0.6 is 0 Å². The maximum atomic E-state index is 5.12. The summed E-state index contributed by atoms with van der Waals surface area (Å²) in [6.45, 7) is 0. The van der Waals surface area contributed by atoms with Gasteiger partial charge in [-0.1, -0.05) is 121 Å². The molecule has 2 aliphatic rings. The van der Waals surface area contributed by atoms with E-state index in [1.54, 1.807) is 0 Å². The van der Waals surface area contributed by atoms with Crippen LogP contribution in [0.25, 0.3) is 28.0 Å². The van der Waals surface area contributed by atoms with Crippen LogP contribution in [-0.2, 0) is 12.8 Å². The molecule has 1 atom stereocenters. The number of hydrogen-bond donors (Lipinski definition) is 1. The lowest BCUT2D eigenvalue weighted by Gasteiger charge is -2.25. The first-order valence-electron chi connectivity index (χ1n) is 13.3. The second-order valence-electron chi connectivity index (χ2n) is 10.0. The van der Waals surface area contributed by atoms with Gasteiger partial charge >= 0.3 is 0 Å². The molecule has 7 rings (SSSR count). The van der Waals surface area contributed by atoms with Gasteiger partial charge in [0, 0.05) is 11.1 Å². The minimum absolute atomic E-state index is 0.0271. The van der Waals surface area contributed by atoms with E-state index in [0.29, 0.717) is 0 Å². The lowest BCUT2D eigenvalue weighted by Crippen LogP contribution is -2.31. The molecule has 0 saturated heterocycles. The minimum atomic E-state index is 0.0271. The number of benzene rings is 5. The molecule has 2 heteroatoms. The maximum absolute atomic E-state index is 5.12. The van der Waals surface area contributed by atoms with Gasteiger partial charge < -0.3 is 5.32 Å². The molecule has 1 aliphatic heterocycles. The lowest BCUT2D eigenvalue weighted by atomic mass is 9.84. The van der Waals surface area contributed by atoms with Gasteiger partial charge in [0.15, 0.2) is 0 Å². The molecule has 5 aromatic carbocycles. The molecule has 0 saturated carbocycles. The Labute approximate surface area is 224 Å². The largest absolute Gasteiger partial charge is 0.359 e. The van der Waals surface area contributed by atoms with E-state index in [1.165, 1.54) is 44.5 Å². The number of nitrogens with one attached hydrogen (secondary N) is 1. The van der Waals surface area contributed by atoms with Gasteiger partial charge in [-0.05, 0) is 63.9 Å². The average molecular weight is 489 g/mol. The first-order chi connectivity index (χ1) is 18.8. The van der Waals surface area contributed by atoms with Gasteiger partial charge in [0.1, 0.15) is 5.84 Å². The van der Waals surface area contributed by atoms with Crippen molar-refractivity contribution in [3.63, 3.8) is 0 Å². The van der Waals surface area contributed by atoms with Crippen molar-refractivity contribution in [2.45, 2.75) is 18.9 Å². The Morgan fingerprint density at radius 2 is 1.13 bits per heavy atom. The first kappa shape index (κ1) is 22.5. The second kappa shape index (κ2) is 9.64. The zero-order valence-corrected chi connectivity index (χ0v) is 21.1. The summed E-state index contributed by atoms with van der Waals surface area (Å²) in [7, 11) is 0. The Kier molecular flexibility index (Phi) is 5.71. The standard InChI is InChI=1S/C36H28N2/c1-3-9-25(10-4-1)26-15-18-28(19-16-26)34-24-35(38-36(37-34)29-12-5-2-6-13-29)31-21-22-33-30(23-31)20-17-27-11-7-8-14-32(27)33/h1-16,18-19,21-24,34H,17,20H2,(H,37,38). The molecule has 1 N–H and O–H groups in total. The Balaban J connectivity index is 1.27.